The Labute approximate surface area is 86.7 Å². The Kier molecular flexibility index (Phi) is 2.25. The molecule has 0 saturated carbocycles. The molecule has 76 valence electrons. The van der Waals surface area contributed by atoms with E-state index in [4.69, 9.17) is 10.5 Å². The number of rotatable bonds is 2. The van der Waals surface area contributed by atoms with Gasteiger partial charge in [-0.3, -0.25) is 9.78 Å². The number of carbonyl (C=O) groups is 1. The van der Waals surface area contributed by atoms with Crippen molar-refractivity contribution in [1.29, 1.82) is 0 Å². The molecule has 1 heterocycles. The highest BCUT2D eigenvalue weighted by Crippen LogP contribution is 2.24. The fourth-order valence-corrected chi connectivity index (χ4v) is 1.48. The average Bonchev–Trinajstić information content (AvgIpc) is 2.27. The zero-order chi connectivity index (χ0) is 10.8. The standard InChI is InChI=1S/C11H10N2O2/c1-15-10-5-7-2-3-13-6-8(7)4-9(10)11(12)14/h2-6H,1H3,(H2,12,14). The normalized spacial score (nSPS) is 10.2. The third-order valence-electron chi connectivity index (χ3n) is 2.22. The molecule has 4 heteroatoms. The molecule has 0 spiro atoms. The topological polar surface area (TPSA) is 65.2 Å². The molecule has 0 aliphatic heterocycles. The molecule has 2 rings (SSSR count). The van der Waals surface area contributed by atoms with E-state index < -0.39 is 5.91 Å². The summed E-state index contributed by atoms with van der Waals surface area (Å²) in [6, 6.07) is 5.31. The minimum atomic E-state index is -0.502. The van der Waals surface area contributed by atoms with Crippen LogP contribution in [0.2, 0.25) is 0 Å². The number of nitrogens with zero attached hydrogens (tertiary/aromatic N) is 1. The molecule has 0 bridgehead atoms. The predicted molar refractivity (Wildman–Crippen MR) is 56.8 cm³/mol. The molecule has 4 nitrogen and oxygen atoms in total. The van der Waals surface area contributed by atoms with Crippen molar-refractivity contribution in [2.75, 3.05) is 7.11 Å². The van der Waals surface area contributed by atoms with Gasteiger partial charge in [-0.15, -0.1) is 0 Å². The van der Waals surface area contributed by atoms with Crippen LogP contribution >= 0.6 is 0 Å². The Morgan fingerprint density at radius 2 is 2.20 bits per heavy atom. The number of ether oxygens (including phenoxy) is 1. The second-order valence-electron chi connectivity index (χ2n) is 3.14. The van der Waals surface area contributed by atoms with Crippen molar-refractivity contribution in [3.05, 3.63) is 36.2 Å². The van der Waals surface area contributed by atoms with Gasteiger partial charge in [0.15, 0.2) is 0 Å². The van der Waals surface area contributed by atoms with Crippen molar-refractivity contribution >= 4 is 16.7 Å². The monoisotopic (exact) mass is 202 g/mol. The zero-order valence-electron chi connectivity index (χ0n) is 8.23. The van der Waals surface area contributed by atoms with E-state index in [9.17, 15) is 4.79 Å². The molecule has 15 heavy (non-hydrogen) atoms. The summed E-state index contributed by atoms with van der Waals surface area (Å²) in [5, 5.41) is 1.83. The van der Waals surface area contributed by atoms with Gasteiger partial charge in [0, 0.05) is 17.8 Å². The number of aromatic nitrogens is 1. The minimum Gasteiger partial charge on any atom is -0.496 e. The third kappa shape index (κ3) is 1.61. The van der Waals surface area contributed by atoms with Crippen molar-refractivity contribution in [2.24, 2.45) is 5.73 Å². The van der Waals surface area contributed by atoms with Crippen LogP contribution in [0.25, 0.3) is 10.8 Å². The van der Waals surface area contributed by atoms with Crippen LogP contribution in [0.1, 0.15) is 10.4 Å². The summed E-state index contributed by atoms with van der Waals surface area (Å²) in [6.45, 7) is 0. The summed E-state index contributed by atoms with van der Waals surface area (Å²) in [5.41, 5.74) is 5.61. The number of carbonyl (C=O) groups excluding carboxylic acids is 1. The highest BCUT2D eigenvalue weighted by molar-refractivity contribution is 6.00. The van der Waals surface area contributed by atoms with E-state index in [2.05, 4.69) is 4.98 Å². The second kappa shape index (κ2) is 3.57. The number of hydrogen-bond donors (Lipinski definition) is 1. The van der Waals surface area contributed by atoms with Gasteiger partial charge in [-0.25, -0.2) is 0 Å². The third-order valence-corrected chi connectivity index (χ3v) is 2.22. The molecule has 0 atom stereocenters. The van der Waals surface area contributed by atoms with E-state index in [0.717, 1.165) is 10.8 Å². The molecule has 0 fully saturated rings. The first kappa shape index (κ1) is 9.45. The van der Waals surface area contributed by atoms with E-state index in [1.807, 2.05) is 6.07 Å². The molecule has 0 aliphatic rings. The summed E-state index contributed by atoms with van der Waals surface area (Å²) in [6.07, 6.45) is 3.37. The van der Waals surface area contributed by atoms with Crippen LogP contribution in [-0.2, 0) is 0 Å². The molecule has 2 N–H and O–H groups in total. The highest BCUT2D eigenvalue weighted by Gasteiger charge is 2.09. The quantitative estimate of drug-likeness (QED) is 0.799. The van der Waals surface area contributed by atoms with E-state index in [1.54, 1.807) is 24.5 Å². The number of amides is 1. The van der Waals surface area contributed by atoms with E-state index in [-0.39, 0.29) is 0 Å². The number of methoxy groups -OCH3 is 1. The number of nitrogens with two attached hydrogens (primary N) is 1. The van der Waals surface area contributed by atoms with Gasteiger partial charge in [0.25, 0.3) is 5.91 Å². The van der Waals surface area contributed by atoms with Gasteiger partial charge >= 0.3 is 0 Å². The van der Waals surface area contributed by atoms with Crippen LogP contribution in [0.3, 0.4) is 0 Å². The fourth-order valence-electron chi connectivity index (χ4n) is 1.48. The predicted octanol–water partition coefficient (Wildman–Crippen LogP) is 1.34. The summed E-state index contributed by atoms with van der Waals surface area (Å²) in [5.74, 6) is -0.0150. The van der Waals surface area contributed by atoms with Crippen molar-refractivity contribution < 1.29 is 9.53 Å². The Balaban J connectivity index is 2.74. The molecule has 2 aromatic rings. The van der Waals surface area contributed by atoms with Gasteiger partial charge in [0.1, 0.15) is 5.75 Å². The van der Waals surface area contributed by atoms with Gasteiger partial charge in [0.2, 0.25) is 0 Å². The van der Waals surface area contributed by atoms with Gasteiger partial charge < -0.3 is 10.5 Å². The van der Waals surface area contributed by atoms with Crippen LogP contribution in [0.4, 0.5) is 0 Å². The van der Waals surface area contributed by atoms with Crippen molar-refractivity contribution in [3.8, 4) is 5.75 Å². The first-order chi connectivity index (χ1) is 7.22. The lowest BCUT2D eigenvalue weighted by molar-refractivity contribution is 0.0997. The Morgan fingerprint density at radius 3 is 2.87 bits per heavy atom. The van der Waals surface area contributed by atoms with Gasteiger partial charge in [-0.05, 0) is 23.6 Å². The fraction of sp³-hybridized carbons (Fsp3) is 0.0909. The number of pyridine rings is 1. The number of benzene rings is 1. The zero-order valence-corrected chi connectivity index (χ0v) is 8.23. The smallest absolute Gasteiger partial charge is 0.252 e. The van der Waals surface area contributed by atoms with Crippen molar-refractivity contribution in [3.63, 3.8) is 0 Å². The first-order valence-electron chi connectivity index (χ1n) is 4.44. The largest absolute Gasteiger partial charge is 0.496 e. The molecular formula is C11H10N2O2. The van der Waals surface area contributed by atoms with Gasteiger partial charge in [0.05, 0.1) is 12.7 Å². The maximum Gasteiger partial charge on any atom is 0.252 e. The summed E-state index contributed by atoms with van der Waals surface area (Å²) >= 11 is 0. The van der Waals surface area contributed by atoms with E-state index in [0.29, 0.717) is 11.3 Å². The lowest BCUT2D eigenvalue weighted by atomic mass is 10.1. The average molecular weight is 202 g/mol. The lowest BCUT2D eigenvalue weighted by Crippen LogP contribution is -2.12. The lowest BCUT2D eigenvalue weighted by Gasteiger charge is -2.06. The molecule has 0 radical (unpaired) electrons. The molecule has 1 aromatic heterocycles. The molecule has 0 saturated heterocycles. The van der Waals surface area contributed by atoms with E-state index >= 15 is 0 Å². The van der Waals surface area contributed by atoms with Crippen LogP contribution < -0.4 is 10.5 Å². The Hall–Kier alpha value is -2.10. The molecule has 0 aliphatic carbocycles. The van der Waals surface area contributed by atoms with Gasteiger partial charge in [-0.2, -0.15) is 0 Å². The molecular weight excluding hydrogens is 192 g/mol. The van der Waals surface area contributed by atoms with Crippen molar-refractivity contribution in [2.45, 2.75) is 0 Å². The maximum absolute atomic E-state index is 11.1. The van der Waals surface area contributed by atoms with Gasteiger partial charge in [-0.1, -0.05) is 0 Å². The number of primary amides is 1. The number of hydrogen-bond acceptors (Lipinski definition) is 3. The first-order valence-corrected chi connectivity index (χ1v) is 4.44. The van der Waals surface area contributed by atoms with Crippen LogP contribution in [-0.4, -0.2) is 18.0 Å². The van der Waals surface area contributed by atoms with Crippen molar-refractivity contribution in [1.82, 2.24) is 4.98 Å². The molecule has 1 aromatic carbocycles. The van der Waals surface area contributed by atoms with Crippen LogP contribution in [0, 0.1) is 0 Å². The maximum atomic E-state index is 11.1. The minimum absolute atomic E-state index is 0.373. The van der Waals surface area contributed by atoms with E-state index in [1.165, 1.54) is 7.11 Å². The SMILES string of the molecule is COc1cc2ccncc2cc1C(N)=O. The summed E-state index contributed by atoms with van der Waals surface area (Å²) < 4.78 is 5.09. The van der Waals surface area contributed by atoms with Crippen LogP contribution in [0.15, 0.2) is 30.6 Å². The molecule has 1 amide bonds. The second-order valence-corrected chi connectivity index (χ2v) is 3.14. The molecule has 0 unspecified atom stereocenters. The number of fused-ring (bicyclic) bond motifs is 1. The summed E-state index contributed by atoms with van der Waals surface area (Å²) in [4.78, 5) is 15.1. The Morgan fingerprint density at radius 1 is 1.40 bits per heavy atom. The Bertz CT molecular complexity index is 523. The van der Waals surface area contributed by atoms with Crippen LogP contribution in [0.5, 0.6) is 5.75 Å². The summed E-state index contributed by atoms with van der Waals surface area (Å²) in [7, 11) is 1.51. The highest BCUT2D eigenvalue weighted by atomic mass is 16.5.